The highest BCUT2D eigenvalue weighted by Crippen LogP contribution is 2.34. The number of hydrazone groups is 1. The van der Waals surface area contributed by atoms with E-state index in [2.05, 4.69) is 15.3 Å². The maximum absolute atomic E-state index is 13.9. The highest BCUT2D eigenvalue weighted by molar-refractivity contribution is 6.34. The van der Waals surface area contributed by atoms with Crippen LogP contribution >= 0.6 is 11.6 Å². The molecule has 0 saturated carbocycles. The summed E-state index contributed by atoms with van der Waals surface area (Å²) in [6.45, 7) is 3.41. The first-order valence-electron chi connectivity index (χ1n) is 13.8. The Morgan fingerprint density at radius 1 is 1.07 bits per heavy atom. The van der Waals surface area contributed by atoms with Crippen LogP contribution in [0.25, 0.3) is 0 Å². The summed E-state index contributed by atoms with van der Waals surface area (Å²) in [7, 11) is 1.53. The van der Waals surface area contributed by atoms with Gasteiger partial charge in [0.1, 0.15) is 18.1 Å². The third-order valence-corrected chi connectivity index (χ3v) is 7.69. The van der Waals surface area contributed by atoms with Gasteiger partial charge in [-0.3, -0.25) is 9.69 Å². The van der Waals surface area contributed by atoms with Gasteiger partial charge in [0, 0.05) is 43.2 Å². The first-order valence-corrected chi connectivity index (χ1v) is 14.2. The number of ether oxygens (including phenoxy) is 2. The van der Waals surface area contributed by atoms with Crippen LogP contribution in [-0.4, -0.2) is 85.5 Å². The second kappa shape index (κ2) is 13.8. The van der Waals surface area contributed by atoms with Crippen LogP contribution in [0.15, 0.2) is 77.9 Å². The van der Waals surface area contributed by atoms with Crippen molar-refractivity contribution in [3.05, 3.63) is 94.8 Å². The SMILES string of the molecule is COc1ccccc1NC(=O)N(CCN1CCOCC1)CC(=O)N1N=C(c2ccccc2Cl)C[C@@H]1c1ccc(F)cc1. The van der Waals surface area contributed by atoms with Crippen molar-refractivity contribution >= 4 is 34.9 Å². The zero-order chi connectivity index (χ0) is 29.5. The number of carbonyl (C=O) groups excluding carboxylic acids is 2. The third kappa shape index (κ3) is 7.07. The third-order valence-electron chi connectivity index (χ3n) is 7.36. The van der Waals surface area contributed by atoms with Gasteiger partial charge in [-0.05, 0) is 35.9 Å². The molecule has 3 aromatic rings. The number of carbonyl (C=O) groups is 2. The Kier molecular flexibility index (Phi) is 9.68. The minimum absolute atomic E-state index is 0.220. The summed E-state index contributed by atoms with van der Waals surface area (Å²) in [4.78, 5) is 31.2. The fourth-order valence-corrected chi connectivity index (χ4v) is 5.30. The molecule has 2 aliphatic rings. The normalized spacial score (nSPS) is 17.1. The quantitative estimate of drug-likeness (QED) is 0.376. The lowest BCUT2D eigenvalue weighted by Gasteiger charge is -2.31. The molecule has 1 N–H and O–H groups in total. The number of halogens is 2. The molecule has 2 heterocycles. The number of morpholine rings is 1. The average molecular weight is 594 g/mol. The summed E-state index contributed by atoms with van der Waals surface area (Å²) >= 11 is 6.47. The fraction of sp³-hybridized carbons (Fsp3) is 0.323. The van der Waals surface area contributed by atoms with Crippen molar-refractivity contribution in [3.63, 3.8) is 0 Å². The van der Waals surface area contributed by atoms with Crippen molar-refractivity contribution in [3.8, 4) is 5.75 Å². The molecule has 0 aliphatic carbocycles. The number of hydrogen-bond donors (Lipinski definition) is 1. The number of benzene rings is 3. The van der Waals surface area contributed by atoms with Crippen molar-refractivity contribution in [2.24, 2.45) is 5.10 Å². The minimum atomic E-state index is -0.484. The van der Waals surface area contributed by atoms with Gasteiger partial charge in [-0.25, -0.2) is 14.2 Å². The van der Waals surface area contributed by atoms with Gasteiger partial charge in [0.2, 0.25) is 0 Å². The zero-order valence-corrected chi connectivity index (χ0v) is 24.1. The van der Waals surface area contributed by atoms with E-state index < -0.39 is 12.1 Å². The number of amides is 3. The summed E-state index contributed by atoms with van der Waals surface area (Å²) < 4.78 is 24.6. The van der Waals surface area contributed by atoms with Crippen molar-refractivity contribution < 1.29 is 23.5 Å². The van der Waals surface area contributed by atoms with Crippen LogP contribution in [0.4, 0.5) is 14.9 Å². The summed E-state index contributed by atoms with van der Waals surface area (Å²) in [6, 6.07) is 19.5. The molecule has 11 heteroatoms. The van der Waals surface area contributed by atoms with Gasteiger partial charge in [-0.15, -0.1) is 0 Å². The minimum Gasteiger partial charge on any atom is -0.495 e. The molecule has 42 heavy (non-hydrogen) atoms. The molecule has 1 atom stereocenters. The molecule has 1 saturated heterocycles. The largest absolute Gasteiger partial charge is 0.495 e. The number of rotatable bonds is 9. The number of nitrogens with one attached hydrogen (secondary N) is 1. The van der Waals surface area contributed by atoms with Gasteiger partial charge in [-0.2, -0.15) is 5.10 Å². The lowest BCUT2D eigenvalue weighted by atomic mass is 9.98. The highest BCUT2D eigenvalue weighted by Gasteiger charge is 2.35. The Hall–Kier alpha value is -3.99. The molecule has 0 bridgehead atoms. The van der Waals surface area contributed by atoms with E-state index >= 15 is 0 Å². The summed E-state index contributed by atoms with van der Waals surface area (Å²) in [5, 5.41) is 9.49. The van der Waals surface area contributed by atoms with E-state index in [4.69, 9.17) is 21.1 Å². The van der Waals surface area contributed by atoms with Crippen molar-refractivity contribution in [1.29, 1.82) is 0 Å². The smallest absolute Gasteiger partial charge is 0.322 e. The molecule has 1 fully saturated rings. The standard InChI is InChI=1S/C31H33ClFN5O4/c1-41-29-9-5-4-8-26(29)34-31(40)37(15-14-36-16-18-42-19-17-36)21-30(39)38-28(22-10-12-23(33)13-11-22)20-27(35-38)24-6-2-3-7-25(24)32/h2-13,28H,14-21H2,1H3,(H,34,40)/t28-/m1/s1. The lowest BCUT2D eigenvalue weighted by Crippen LogP contribution is -2.47. The average Bonchev–Trinajstić information content (AvgIpc) is 3.46. The van der Waals surface area contributed by atoms with E-state index in [1.807, 2.05) is 24.3 Å². The molecule has 2 aliphatic heterocycles. The summed E-state index contributed by atoms with van der Waals surface area (Å²) in [6.07, 6.45) is 0.391. The highest BCUT2D eigenvalue weighted by atomic mass is 35.5. The second-order valence-electron chi connectivity index (χ2n) is 10.0. The van der Waals surface area contributed by atoms with Crippen LogP contribution in [0.1, 0.15) is 23.6 Å². The van der Waals surface area contributed by atoms with Crippen LogP contribution in [0.2, 0.25) is 5.02 Å². The Morgan fingerprint density at radius 2 is 1.79 bits per heavy atom. The van der Waals surface area contributed by atoms with Gasteiger partial charge in [0.15, 0.2) is 0 Å². The van der Waals surface area contributed by atoms with E-state index in [0.717, 1.165) is 24.2 Å². The second-order valence-corrected chi connectivity index (χ2v) is 10.4. The predicted molar refractivity (Wildman–Crippen MR) is 159 cm³/mol. The number of anilines is 1. The molecule has 0 unspecified atom stereocenters. The topological polar surface area (TPSA) is 86.7 Å². The van der Waals surface area contributed by atoms with E-state index in [1.165, 1.54) is 29.2 Å². The maximum atomic E-state index is 13.9. The predicted octanol–water partition coefficient (Wildman–Crippen LogP) is 5.03. The Balaban J connectivity index is 1.40. The molecule has 3 aromatic carbocycles. The van der Waals surface area contributed by atoms with Gasteiger partial charge >= 0.3 is 6.03 Å². The van der Waals surface area contributed by atoms with Crippen LogP contribution in [0, 0.1) is 5.82 Å². The molecule has 9 nitrogen and oxygen atoms in total. The zero-order valence-electron chi connectivity index (χ0n) is 23.3. The van der Waals surface area contributed by atoms with Gasteiger partial charge < -0.3 is 19.7 Å². The van der Waals surface area contributed by atoms with Crippen molar-refractivity contribution in [2.45, 2.75) is 12.5 Å². The number of urea groups is 1. The molecular weight excluding hydrogens is 561 g/mol. The molecule has 220 valence electrons. The lowest BCUT2D eigenvalue weighted by molar-refractivity contribution is -0.133. The Morgan fingerprint density at radius 3 is 2.52 bits per heavy atom. The number of hydrogen-bond acceptors (Lipinski definition) is 6. The molecule has 0 radical (unpaired) electrons. The van der Waals surface area contributed by atoms with Crippen LogP contribution < -0.4 is 10.1 Å². The van der Waals surface area contributed by atoms with Gasteiger partial charge in [0.05, 0.1) is 37.8 Å². The number of methoxy groups -OCH3 is 1. The summed E-state index contributed by atoms with van der Waals surface area (Å²) in [5.41, 5.74) is 2.59. The van der Waals surface area contributed by atoms with E-state index in [1.54, 1.807) is 36.4 Å². The van der Waals surface area contributed by atoms with Crippen LogP contribution in [0.3, 0.4) is 0 Å². The molecule has 0 aromatic heterocycles. The van der Waals surface area contributed by atoms with E-state index in [0.29, 0.717) is 54.9 Å². The van der Waals surface area contributed by atoms with E-state index in [9.17, 15) is 14.0 Å². The fourth-order valence-electron chi connectivity index (χ4n) is 5.06. The van der Waals surface area contributed by atoms with Crippen molar-refractivity contribution in [2.75, 3.05) is 58.4 Å². The Labute approximate surface area is 249 Å². The molecular formula is C31H33ClFN5O4. The van der Waals surface area contributed by atoms with Gasteiger partial charge in [-0.1, -0.05) is 54.1 Å². The first kappa shape index (κ1) is 29.5. The maximum Gasteiger partial charge on any atom is 0.322 e. The molecule has 5 rings (SSSR count). The van der Waals surface area contributed by atoms with E-state index in [-0.39, 0.29) is 18.3 Å². The first-order chi connectivity index (χ1) is 20.4. The molecule has 0 spiro atoms. The van der Waals surface area contributed by atoms with Crippen molar-refractivity contribution in [1.82, 2.24) is 14.8 Å². The monoisotopic (exact) mass is 593 g/mol. The Bertz CT molecular complexity index is 1430. The summed E-state index contributed by atoms with van der Waals surface area (Å²) in [5.74, 6) is -0.233. The molecule has 3 amide bonds. The number of nitrogens with zero attached hydrogens (tertiary/aromatic N) is 4. The van der Waals surface area contributed by atoms with Crippen LogP contribution in [-0.2, 0) is 9.53 Å². The number of para-hydroxylation sites is 2. The van der Waals surface area contributed by atoms with Gasteiger partial charge in [0.25, 0.3) is 5.91 Å². The van der Waals surface area contributed by atoms with Crippen LogP contribution in [0.5, 0.6) is 5.75 Å².